The monoisotopic (exact) mass is 455 g/mol. The van der Waals surface area contributed by atoms with Crippen molar-refractivity contribution in [3.8, 4) is 0 Å². The first-order chi connectivity index (χ1) is 14.9. The van der Waals surface area contributed by atoms with Gasteiger partial charge in [-0.3, -0.25) is 14.3 Å². The normalized spacial score (nSPS) is 15.3. The van der Waals surface area contributed by atoms with E-state index in [4.69, 9.17) is 4.42 Å². The summed E-state index contributed by atoms with van der Waals surface area (Å²) >= 11 is 1.10. The van der Waals surface area contributed by atoms with E-state index in [9.17, 15) is 13.2 Å². The van der Waals surface area contributed by atoms with Crippen molar-refractivity contribution in [3.63, 3.8) is 0 Å². The highest BCUT2D eigenvalue weighted by molar-refractivity contribution is 8.13. The van der Waals surface area contributed by atoms with Crippen molar-refractivity contribution < 1.29 is 12.8 Å². The molecular weight excluding hydrogens is 438 g/mol. The Balaban J connectivity index is 1.58. The van der Waals surface area contributed by atoms with Crippen LogP contribution < -0.4 is 15.2 Å². The average Bonchev–Trinajstić information content (AvgIpc) is 3.38. The van der Waals surface area contributed by atoms with E-state index in [1.165, 1.54) is 16.7 Å². The molecule has 1 unspecified atom stereocenters. The van der Waals surface area contributed by atoms with Gasteiger partial charge in [-0.1, -0.05) is 18.2 Å². The maximum absolute atomic E-state index is 12.7. The molecule has 31 heavy (non-hydrogen) atoms. The minimum absolute atomic E-state index is 0.0156. The number of nitrogens with one attached hydrogen (secondary N) is 2. The van der Waals surface area contributed by atoms with Crippen molar-refractivity contribution in [3.05, 3.63) is 71.0 Å². The van der Waals surface area contributed by atoms with Crippen LogP contribution in [0.1, 0.15) is 18.5 Å². The average molecular weight is 456 g/mol. The Morgan fingerprint density at radius 3 is 2.94 bits per heavy atom. The molecule has 2 N–H and O–H groups in total. The number of fused-ring (bicyclic) bond motifs is 2. The Morgan fingerprint density at radius 1 is 1.26 bits per heavy atom. The Labute approximate surface area is 181 Å². The Hall–Kier alpha value is -3.15. The highest BCUT2D eigenvalue weighted by Gasteiger charge is 2.23. The van der Waals surface area contributed by atoms with Gasteiger partial charge in [0.2, 0.25) is 0 Å². The van der Waals surface area contributed by atoms with Crippen molar-refractivity contribution >= 4 is 49.0 Å². The van der Waals surface area contributed by atoms with Crippen LogP contribution in [0.5, 0.6) is 0 Å². The SMILES string of the molecule is CC(c1cccc2ccncc12)n1c(=O)oc2cc(S(=O)(=O)NC3=NCNS3)ccc21. The van der Waals surface area contributed by atoms with Crippen LogP contribution in [-0.4, -0.2) is 29.8 Å². The van der Waals surface area contributed by atoms with Gasteiger partial charge in [-0.05, 0) is 48.0 Å². The lowest BCUT2D eigenvalue weighted by atomic mass is 10.0. The van der Waals surface area contributed by atoms with Crippen LogP contribution in [0.2, 0.25) is 0 Å². The fourth-order valence-electron chi connectivity index (χ4n) is 3.66. The first-order valence-corrected chi connectivity index (χ1v) is 11.7. The summed E-state index contributed by atoms with van der Waals surface area (Å²) < 4.78 is 37.5. The molecule has 2 aromatic heterocycles. The standard InChI is InChI=1S/C20H17N5O4S2/c1-12(15-4-2-3-13-7-8-21-10-16(13)15)25-17-6-5-14(9-18(17)29-20(25)26)31(27,28)24-19-22-11-23-30-19/h2-10,12,23H,11H2,1H3,(H,22,24). The van der Waals surface area contributed by atoms with Gasteiger partial charge in [0.15, 0.2) is 10.8 Å². The molecule has 0 fully saturated rings. The third-order valence-corrected chi connectivity index (χ3v) is 7.29. The van der Waals surface area contributed by atoms with Gasteiger partial charge >= 0.3 is 5.76 Å². The molecule has 11 heteroatoms. The number of hydrogen-bond acceptors (Lipinski definition) is 8. The van der Waals surface area contributed by atoms with Gasteiger partial charge in [0.25, 0.3) is 10.0 Å². The Kier molecular flexibility index (Phi) is 4.80. The number of aromatic nitrogens is 2. The van der Waals surface area contributed by atoms with Crippen molar-refractivity contribution in [2.45, 2.75) is 17.9 Å². The number of aliphatic imine (C=N–C) groups is 1. The summed E-state index contributed by atoms with van der Waals surface area (Å²) in [5.41, 5.74) is 1.61. The van der Waals surface area contributed by atoms with E-state index < -0.39 is 15.8 Å². The molecule has 1 aliphatic rings. The molecule has 0 bridgehead atoms. The third-order valence-electron chi connectivity index (χ3n) is 5.13. The van der Waals surface area contributed by atoms with Crippen LogP contribution >= 0.6 is 11.9 Å². The van der Waals surface area contributed by atoms with Gasteiger partial charge < -0.3 is 4.42 Å². The van der Waals surface area contributed by atoms with Crippen LogP contribution in [0.15, 0.2) is 74.0 Å². The first kappa shape index (κ1) is 19.8. The van der Waals surface area contributed by atoms with Gasteiger partial charge in [0.1, 0.15) is 6.67 Å². The lowest BCUT2D eigenvalue weighted by molar-refractivity contribution is 0.490. The quantitative estimate of drug-likeness (QED) is 0.454. The molecule has 0 saturated carbocycles. The number of amidine groups is 1. The number of rotatable bonds is 4. The fourth-order valence-corrected chi connectivity index (χ4v) is 5.47. The minimum Gasteiger partial charge on any atom is -0.408 e. The van der Waals surface area contributed by atoms with E-state index in [-0.39, 0.29) is 21.7 Å². The molecule has 1 aliphatic heterocycles. The smallest absolute Gasteiger partial charge is 0.408 e. The summed E-state index contributed by atoms with van der Waals surface area (Å²) in [7, 11) is -3.86. The zero-order chi connectivity index (χ0) is 21.6. The number of benzene rings is 2. The molecule has 0 radical (unpaired) electrons. The molecule has 0 saturated heterocycles. The van der Waals surface area contributed by atoms with Crippen molar-refractivity contribution in [1.82, 2.24) is 19.0 Å². The van der Waals surface area contributed by atoms with Gasteiger partial charge in [-0.15, -0.1) is 0 Å². The largest absolute Gasteiger partial charge is 0.420 e. The Bertz CT molecular complexity index is 1500. The first-order valence-electron chi connectivity index (χ1n) is 9.39. The maximum atomic E-state index is 12.7. The van der Waals surface area contributed by atoms with Crippen molar-refractivity contribution in [2.24, 2.45) is 4.99 Å². The van der Waals surface area contributed by atoms with E-state index in [0.717, 1.165) is 28.3 Å². The Morgan fingerprint density at radius 2 is 2.13 bits per heavy atom. The van der Waals surface area contributed by atoms with Gasteiger partial charge in [0.05, 0.1) is 16.5 Å². The van der Waals surface area contributed by atoms with Crippen molar-refractivity contribution in [2.75, 3.05) is 6.67 Å². The summed E-state index contributed by atoms with van der Waals surface area (Å²) in [4.78, 5) is 20.9. The highest BCUT2D eigenvalue weighted by atomic mass is 32.2. The van der Waals surface area contributed by atoms with E-state index in [2.05, 4.69) is 19.4 Å². The molecule has 3 heterocycles. The topological polar surface area (TPSA) is 119 Å². The number of hydrogen-bond donors (Lipinski definition) is 2. The predicted octanol–water partition coefficient (Wildman–Crippen LogP) is 2.60. The second kappa shape index (κ2) is 7.52. The molecule has 4 aromatic rings. The highest BCUT2D eigenvalue weighted by Crippen LogP contribution is 2.29. The van der Waals surface area contributed by atoms with Crippen LogP contribution in [0.25, 0.3) is 21.9 Å². The predicted molar refractivity (Wildman–Crippen MR) is 119 cm³/mol. The summed E-state index contributed by atoms with van der Waals surface area (Å²) in [6.07, 6.45) is 3.49. The lowest BCUT2D eigenvalue weighted by Crippen LogP contribution is -2.27. The van der Waals surface area contributed by atoms with Crippen LogP contribution in [0.4, 0.5) is 0 Å². The van der Waals surface area contributed by atoms with E-state index in [1.54, 1.807) is 18.5 Å². The zero-order valence-corrected chi connectivity index (χ0v) is 17.9. The number of pyridine rings is 1. The van der Waals surface area contributed by atoms with Gasteiger partial charge in [0, 0.05) is 23.8 Å². The van der Waals surface area contributed by atoms with E-state index >= 15 is 0 Å². The van der Waals surface area contributed by atoms with Crippen molar-refractivity contribution in [1.29, 1.82) is 0 Å². The molecule has 0 spiro atoms. The summed E-state index contributed by atoms with van der Waals surface area (Å²) in [5, 5.41) is 2.21. The third kappa shape index (κ3) is 3.50. The van der Waals surface area contributed by atoms with Gasteiger partial charge in [-0.2, -0.15) is 0 Å². The molecule has 0 aliphatic carbocycles. The van der Waals surface area contributed by atoms with E-state index in [1.807, 2.05) is 31.2 Å². The molecular formula is C20H17N5O4S2. The van der Waals surface area contributed by atoms with Gasteiger partial charge in [-0.25, -0.2) is 22.9 Å². The molecule has 9 nitrogen and oxygen atoms in total. The lowest BCUT2D eigenvalue weighted by Gasteiger charge is -2.15. The second-order valence-electron chi connectivity index (χ2n) is 6.96. The summed E-state index contributed by atoms with van der Waals surface area (Å²) in [6.45, 7) is 2.23. The van der Waals surface area contributed by atoms with E-state index in [0.29, 0.717) is 12.2 Å². The summed E-state index contributed by atoms with van der Waals surface area (Å²) in [6, 6.07) is 11.8. The number of nitrogens with zero attached hydrogens (tertiary/aromatic N) is 3. The maximum Gasteiger partial charge on any atom is 0.420 e. The summed E-state index contributed by atoms with van der Waals surface area (Å²) in [5.74, 6) is -0.564. The second-order valence-corrected chi connectivity index (χ2v) is 9.52. The molecule has 5 rings (SSSR count). The molecule has 1 atom stereocenters. The minimum atomic E-state index is -3.86. The molecule has 158 valence electrons. The fraction of sp³-hybridized carbons (Fsp3) is 0.150. The zero-order valence-electron chi connectivity index (χ0n) is 16.3. The van der Waals surface area contributed by atoms with Crippen LogP contribution in [0.3, 0.4) is 0 Å². The van der Waals surface area contributed by atoms with Crippen LogP contribution in [0, 0.1) is 0 Å². The number of oxazole rings is 1. The molecule has 2 aromatic carbocycles. The van der Waals surface area contributed by atoms with Crippen LogP contribution in [-0.2, 0) is 10.0 Å². The molecule has 0 amide bonds. The number of sulfonamides is 1.